The van der Waals surface area contributed by atoms with Gasteiger partial charge in [-0.05, 0) is 24.7 Å². The van der Waals surface area contributed by atoms with Crippen LogP contribution in [0.4, 0.5) is 11.7 Å². The molecule has 0 unspecified atom stereocenters. The third-order valence-electron chi connectivity index (χ3n) is 2.40. The zero-order valence-corrected chi connectivity index (χ0v) is 11.5. The van der Waals surface area contributed by atoms with Crippen LogP contribution in [0.2, 0.25) is 5.02 Å². The summed E-state index contributed by atoms with van der Waals surface area (Å²) in [6.07, 6.45) is 0. The maximum atomic E-state index is 6.03. The van der Waals surface area contributed by atoms with Gasteiger partial charge >= 0.3 is 6.01 Å². The van der Waals surface area contributed by atoms with Gasteiger partial charge in [-0.1, -0.05) is 23.6 Å². The van der Waals surface area contributed by atoms with Crippen molar-refractivity contribution in [2.24, 2.45) is 0 Å². The topological polar surface area (TPSA) is 72.2 Å². The summed E-state index contributed by atoms with van der Waals surface area (Å²) in [7, 11) is 1.57. The summed E-state index contributed by atoms with van der Waals surface area (Å²) < 4.78 is 10.5. The summed E-state index contributed by atoms with van der Waals surface area (Å²) in [6.45, 7) is 3.41. The van der Waals surface area contributed by atoms with Crippen LogP contribution < -0.4 is 15.4 Å². The Morgan fingerprint density at radius 3 is 2.89 bits per heavy atom. The Morgan fingerprint density at radius 2 is 2.21 bits per heavy atom. The summed E-state index contributed by atoms with van der Waals surface area (Å²) in [5.41, 5.74) is 0.754. The lowest BCUT2D eigenvalue weighted by atomic mass is 10.3. The first-order valence-electron chi connectivity index (χ1n) is 5.86. The zero-order valence-electron chi connectivity index (χ0n) is 10.7. The van der Waals surface area contributed by atoms with E-state index < -0.39 is 0 Å². The number of benzene rings is 1. The fraction of sp³-hybridized carbons (Fsp3) is 0.333. The molecular formula is C12H15ClN4O2. The third-order valence-corrected chi connectivity index (χ3v) is 2.69. The first kappa shape index (κ1) is 13.6. The second kappa shape index (κ2) is 6.40. The van der Waals surface area contributed by atoms with Crippen molar-refractivity contribution in [1.82, 2.24) is 15.5 Å². The minimum Gasteiger partial charge on any atom is -0.495 e. The molecule has 19 heavy (non-hydrogen) atoms. The molecule has 1 heterocycles. The molecule has 2 aromatic rings. The van der Waals surface area contributed by atoms with E-state index in [-0.39, 0.29) is 0 Å². The molecule has 0 saturated carbocycles. The molecule has 0 saturated heterocycles. The Morgan fingerprint density at radius 1 is 1.37 bits per heavy atom. The molecule has 0 bridgehead atoms. The summed E-state index contributed by atoms with van der Waals surface area (Å²) >= 11 is 6.03. The molecule has 2 rings (SSSR count). The van der Waals surface area contributed by atoms with Crippen LogP contribution in [0, 0.1) is 0 Å². The highest BCUT2D eigenvalue weighted by Gasteiger charge is 2.07. The highest BCUT2D eigenvalue weighted by Crippen LogP contribution is 2.28. The number of ether oxygens (including phenoxy) is 1. The van der Waals surface area contributed by atoms with Gasteiger partial charge in [0.2, 0.25) is 5.89 Å². The van der Waals surface area contributed by atoms with Gasteiger partial charge in [0.15, 0.2) is 0 Å². The molecule has 102 valence electrons. The maximum Gasteiger partial charge on any atom is 0.320 e. The van der Waals surface area contributed by atoms with E-state index in [0.29, 0.717) is 29.2 Å². The van der Waals surface area contributed by atoms with E-state index in [1.807, 2.05) is 13.0 Å². The van der Waals surface area contributed by atoms with Crippen LogP contribution >= 0.6 is 11.6 Å². The lowest BCUT2D eigenvalue weighted by Gasteiger charge is -2.05. The van der Waals surface area contributed by atoms with Crippen molar-refractivity contribution in [3.05, 3.63) is 29.1 Å². The minimum atomic E-state index is 0.328. The van der Waals surface area contributed by atoms with E-state index in [1.54, 1.807) is 19.2 Å². The molecule has 0 radical (unpaired) electrons. The van der Waals surface area contributed by atoms with Crippen LogP contribution in [0.5, 0.6) is 5.75 Å². The Kier molecular flexibility index (Phi) is 4.59. The third kappa shape index (κ3) is 3.59. The number of hydrogen-bond acceptors (Lipinski definition) is 6. The second-order valence-corrected chi connectivity index (χ2v) is 4.16. The summed E-state index contributed by atoms with van der Waals surface area (Å²) in [5.74, 6) is 1.15. The largest absolute Gasteiger partial charge is 0.495 e. The Labute approximate surface area is 116 Å². The van der Waals surface area contributed by atoms with E-state index in [1.165, 1.54) is 0 Å². The Balaban J connectivity index is 2.04. The number of halogens is 1. The molecule has 6 nitrogen and oxygen atoms in total. The normalized spacial score (nSPS) is 10.5. The number of hydrogen-bond donors (Lipinski definition) is 2. The molecule has 0 aliphatic carbocycles. The second-order valence-electron chi connectivity index (χ2n) is 3.76. The van der Waals surface area contributed by atoms with Crippen LogP contribution in [0.15, 0.2) is 22.6 Å². The lowest BCUT2D eigenvalue weighted by molar-refractivity contribution is 0.415. The average molecular weight is 283 g/mol. The monoisotopic (exact) mass is 282 g/mol. The lowest BCUT2D eigenvalue weighted by Crippen LogP contribution is -2.11. The van der Waals surface area contributed by atoms with Crippen molar-refractivity contribution in [3.63, 3.8) is 0 Å². The van der Waals surface area contributed by atoms with Gasteiger partial charge in [0, 0.05) is 5.69 Å². The predicted molar refractivity (Wildman–Crippen MR) is 73.0 cm³/mol. The summed E-state index contributed by atoms with van der Waals surface area (Å²) in [5, 5.41) is 14.4. The number of nitrogens with one attached hydrogen (secondary N) is 2. The molecular weight excluding hydrogens is 268 g/mol. The quantitative estimate of drug-likeness (QED) is 0.848. The van der Waals surface area contributed by atoms with Crippen LogP contribution in [0.3, 0.4) is 0 Å². The van der Waals surface area contributed by atoms with Crippen molar-refractivity contribution in [3.8, 4) is 5.75 Å². The Hall–Kier alpha value is -1.79. The van der Waals surface area contributed by atoms with Crippen LogP contribution in [-0.2, 0) is 6.54 Å². The van der Waals surface area contributed by atoms with Crippen LogP contribution in [0.1, 0.15) is 12.8 Å². The van der Waals surface area contributed by atoms with Gasteiger partial charge in [-0.2, -0.15) is 0 Å². The van der Waals surface area contributed by atoms with E-state index >= 15 is 0 Å². The smallest absolute Gasteiger partial charge is 0.320 e. The van der Waals surface area contributed by atoms with Crippen LogP contribution in [-0.4, -0.2) is 23.9 Å². The molecule has 2 N–H and O–H groups in total. The molecule has 7 heteroatoms. The molecule has 0 aliphatic rings. The average Bonchev–Trinajstić information content (AvgIpc) is 2.84. The molecule has 1 aromatic carbocycles. The molecule has 0 fully saturated rings. The van der Waals surface area contributed by atoms with E-state index in [2.05, 4.69) is 20.8 Å². The van der Waals surface area contributed by atoms with Gasteiger partial charge in [0.1, 0.15) is 5.75 Å². The molecule has 0 spiro atoms. The number of methoxy groups -OCH3 is 1. The fourth-order valence-corrected chi connectivity index (χ4v) is 1.73. The van der Waals surface area contributed by atoms with E-state index in [0.717, 1.165) is 12.2 Å². The van der Waals surface area contributed by atoms with Gasteiger partial charge in [-0.25, -0.2) is 0 Å². The van der Waals surface area contributed by atoms with Crippen LogP contribution in [0.25, 0.3) is 0 Å². The number of rotatable bonds is 6. The van der Waals surface area contributed by atoms with Crippen molar-refractivity contribution in [2.45, 2.75) is 13.5 Å². The first-order chi connectivity index (χ1) is 9.22. The molecule has 1 aromatic heterocycles. The summed E-state index contributed by atoms with van der Waals surface area (Å²) in [4.78, 5) is 0. The van der Waals surface area contributed by atoms with Crippen molar-refractivity contribution in [2.75, 3.05) is 19.0 Å². The highest BCUT2D eigenvalue weighted by atomic mass is 35.5. The van der Waals surface area contributed by atoms with E-state index in [9.17, 15) is 0 Å². The molecule has 0 atom stereocenters. The number of anilines is 2. The van der Waals surface area contributed by atoms with Gasteiger partial charge < -0.3 is 19.8 Å². The molecule has 0 aliphatic heterocycles. The Bertz CT molecular complexity index is 544. The summed E-state index contributed by atoms with van der Waals surface area (Å²) in [6, 6.07) is 5.64. The van der Waals surface area contributed by atoms with Gasteiger partial charge in [0.05, 0.1) is 18.7 Å². The van der Waals surface area contributed by atoms with Crippen molar-refractivity contribution in [1.29, 1.82) is 0 Å². The van der Waals surface area contributed by atoms with Gasteiger partial charge in [-0.15, -0.1) is 5.10 Å². The molecule has 0 amide bonds. The van der Waals surface area contributed by atoms with Crippen molar-refractivity contribution < 1.29 is 9.15 Å². The van der Waals surface area contributed by atoms with Gasteiger partial charge in [-0.3, -0.25) is 0 Å². The van der Waals surface area contributed by atoms with Gasteiger partial charge in [0.25, 0.3) is 0 Å². The minimum absolute atomic E-state index is 0.328. The SMILES string of the molecule is CCNCc1nnc(Nc2ccc(OC)c(Cl)c2)o1. The first-order valence-corrected chi connectivity index (χ1v) is 6.24. The fourth-order valence-electron chi connectivity index (χ4n) is 1.48. The van der Waals surface area contributed by atoms with Crippen molar-refractivity contribution >= 4 is 23.3 Å². The predicted octanol–water partition coefficient (Wildman–Crippen LogP) is 2.58. The standard InChI is InChI=1S/C12H15ClN4O2/c1-3-14-7-11-16-17-12(19-11)15-8-4-5-10(18-2)9(13)6-8/h4-6,14H,3,7H2,1-2H3,(H,15,17). The van der Waals surface area contributed by atoms with E-state index in [4.69, 9.17) is 20.8 Å². The number of aromatic nitrogens is 2. The zero-order chi connectivity index (χ0) is 13.7. The highest BCUT2D eigenvalue weighted by molar-refractivity contribution is 6.32. The number of nitrogens with zero attached hydrogens (tertiary/aromatic N) is 2. The maximum absolute atomic E-state index is 6.03.